The molecule has 3 N–H and O–H groups in total. The SMILES string of the molecule is CCCNC(=O)c1cccc(CN=C(NCC)NCC2(CCOCC)CCCC2)c1. The number of hydrogen-bond donors (Lipinski definition) is 3. The molecule has 2 rings (SSSR count). The quantitative estimate of drug-likeness (QED) is 0.275. The van der Waals surface area contributed by atoms with Crippen molar-refractivity contribution in [3.05, 3.63) is 35.4 Å². The van der Waals surface area contributed by atoms with Gasteiger partial charge in [0.05, 0.1) is 6.54 Å². The van der Waals surface area contributed by atoms with Crippen LogP contribution in [0, 0.1) is 5.41 Å². The summed E-state index contributed by atoms with van der Waals surface area (Å²) in [7, 11) is 0. The molecule has 30 heavy (non-hydrogen) atoms. The number of nitrogens with zero attached hydrogens (tertiary/aromatic N) is 1. The van der Waals surface area contributed by atoms with Crippen molar-refractivity contribution >= 4 is 11.9 Å². The molecule has 1 saturated carbocycles. The molecular formula is C24H40N4O2. The minimum absolute atomic E-state index is 0.0230. The van der Waals surface area contributed by atoms with Gasteiger partial charge in [-0.2, -0.15) is 0 Å². The minimum atomic E-state index is -0.0230. The highest BCUT2D eigenvalue weighted by atomic mass is 16.5. The van der Waals surface area contributed by atoms with E-state index in [4.69, 9.17) is 9.73 Å². The lowest BCUT2D eigenvalue weighted by molar-refractivity contribution is 0.0953. The first-order valence-corrected chi connectivity index (χ1v) is 11.6. The van der Waals surface area contributed by atoms with Crippen LogP contribution >= 0.6 is 0 Å². The Labute approximate surface area is 182 Å². The summed E-state index contributed by atoms with van der Waals surface area (Å²) in [6.07, 6.45) is 7.13. The van der Waals surface area contributed by atoms with Gasteiger partial charge in [-0.25, -0.2) is 4.99 Å². The fourth-order valence-corrected chi connectivity index (χ4v) is 4.01. The first kappa shape index (κ1) is 24.2. The third-order valence-electron chi connectivity index (χ3n) is 5.76. The molecule has 0 spiro atoms. The number of hydrogen-bond acceptors (Lipinski definition) is 3. The zero-order valence-corrected chi connectivity index (χ0v) is 19.1. The molecule has 0 aromatic heterocycles. The molecule has 1 amide bonds. The molecule has 0 aliphatic heterocycles. The van der Waals surface area contributed by atoms with Crippen LogP contribution in [0.4, 0.5) is 0 Å². The number of benzene rings is 1. The van der Waals surface area contributed by atoms with Gasteiger partial charge in [-0.3, -0.25) is 4.79 Å². The van der Waals surface area contributed by atoms with Crippen LogP contribution in [0.2, 0.25) is 0 Å². The number of aliphatic imine (C=N–C) groups is 1. The summed E-state index contributed by atoms with van der Waals surface area (Å²) in [6, 6.07) is 7.72. The van der Waals surface area contributed by atoms with E-state index in [2.05, 4.69) is 29.8 Å². The van der Waals surface area contributed by atoms with Gasteiger partial charge in [-0.1, -0.05) is 31.9 Å². The number of guanidine groups is 1. The molecule has 0 unspecified atom stereocenters. The van der Waals surface area contributed by atoms with Crippen molar-refractivity contribution < 1.29 is 9.53 Å². The van der Waals surface area contributed by atoms with Gasteiger partial charge in [0.1, 0.15) is 0 Å². The fraction of sp³-hybridized carbons (Fsp3) is 0.667. The fourth-order valence-electron chi connectivity index (χ4n) is 4.01. The molecule has 1 fully saturated rings. The molecule has 1 aliphatic carbocycles. The molecular weight excluding hydrogens is 376 g/mol. The molecule has 0 heterocycles. The number of carbonyl (C=O) groups excluding carboxylic acids is 1. The number of amides is 1. The molecule has 6 heteroatoms. The third kappa shape index (κ3) is 7.98. The maximum absolute atomic E-state index is 12.2. The van der Waals surface area contributed by atoms with Gasteiger partial charge < -0.3 is 20.7 Å². The van der Waals surface area contributed by atoms with Gasteiger partial charge in [0.15, 0.2) is 5.96 Å². The first-order valence-electron chi connectivity index (χ1n) is 11.6. The first-order chi connectivity index (χ1) is 14.6. The van der Waals surface area contributed by atoms with Crippen molar-refractivity contribution in [2.75, 3.05) is 32.8 Å². The highest BCUT2D eigenvalue weighted by Crippen LogP contribution is 2.40. The van der Waals surface area contributed by atoms with Crippen LogP contribution in [-0.4, -0.2) is 44.7 Å². The maximum Gasteiger partial charge on any atom is 0.251 e. The van der Waals surface area contributed by atoms with Gasteiger partial charge in [0.25, 0.3) is 5.91 Å². The third-order valence-corrected chi connectivity index (χ3v) is 5.76. The lowest BCUT2D eigenvalue weighted by Crippen LogP contribution is -2.43. The zero-order chi connectivity index (χ0) is 21.7. The molecule has 1 aliphatic rings. The summed E-state index contributed by atoms with van der Waals surface area (Å²) < 4.78 is 5.63. The Morgan fingerprint density at radius 1 is 1.13 bits per heavy atom. The average Bonchev–Trinajstić information content (AvgIpc) is 3.23. The van der Waals surface area contributed by atoms with Gasteiger partial charge in [-0.15, -0.1) is 0 Å². The number of carbonyl (C=O) groups is 1. The van der Waals surface area contributed by atoms with Crippen molar-refractivity contribution in [3.8, 4) is 0 Å². The Bertz CT molecular complexity index is 669. The smallest absolute Gasteiger partial charge is 0.251 e. The van der Waals surface area contributed by atoms with E-state index in [1.807, 2.05) is 31.2 Å². The Hall–Kier alpha value is -2.08. The van der Waals surface area contributed by atoms with Crippen LogP contribution in [0.25, 0.3) is 0 Å². The summed E-state index contributed by atoms with van der Waals surface area (Å²) in [5, 5.41) is 9.85. The number of nitrogens with one attached hydrogen (secondary N) is 3. The van der Waals surface area contributed by atoms with Crippen LogP contribution in [0.5, 0.6) is 0 Å². The standard InChI is InChI=1S/C24H40N4O2/c1-4-15-26-22(29)21-11-9-10-20(17-21)18-27-23(25-5-2)28-19-24(12-7-8-13-24)14-16-30-6-3/h9-11,17H,4-8,12-16,18-19H2,1-3H3,(H,26,29)(H2,25,27,28). The monoisotopic (exact) mass is 416 g/mol. The second-order valence-corrected chi connectivity index (χ2v) is 8.16. The highest BCUT2D eigenvalue weighted by molar-refractivity contribution is 5.94. The Balaban J connectivity index is 1.97. The molecule has 0 bridgehead atoms. The van der Waals surface area contributed by atoms with Crippen molar-refractivity contribution in [3.63, 3.8) is 0 Å². The zero-order valence-electron chi connectivity index (χ0n) is 19.1. The summed E-state index contributed by atoms with van der Waals surface area (Å²) >= 11 is 0. The van der Waals surface area contributed by atoms with E-state index in [1.54, 1.807) is 0 Å². The van der Waals surface area contributed by atoms with Crippen molar-refractivity contribution in [1.29, 1.82) is 0 Å². The average molecular weight is 417 g/mol. The predicted molar refractivity (Wildman–Crippen MR) is 124 cm³/mol. The summed E-state index contributed by atoms with van der Waals surface area (Å²) in [5.74, 6) is 0.811. The second-order valence-electron chi connectivity index (χ2n) is 8.16. The Morgan fingerprint density at radius 3 is 2.63 bits per heavy atom. The topological polar surface area (TPSA) is 74.8 Å². The van der Waals surface area contributed by atoms with Crippen LogP contribution in [0.15, 0.2) is 29.3 Å². The van der Waals surface area contributed by atoms with E-state index in [-0.39, 0.29) is 5.91 Å². The van der Waals surface area contributed by atoms with E-state index in [9.17, 15) is 4.79 Å². The second kappa shape index (κ2) is 13.3. The lowest BCUT2D eigenvalue weighted by atomic mass is 9.83. The maximum atomic E-state index is 12.2. The van der Waals surface area contributed by atoms with E-state index in [0.29, 0.717) is 24.1 Å². The van der Waals surface area contributed by atoms with Gasteiger partial charge >= 0.3 is 0 Å². The molecule has 1 aromatic rings. The molecule has 0 atom stereocenters. The summed E-state index contributed by atoms with van der Waals surface area (Å²) in [6.45, 7) is 10.8. The van der Waals surface area contributed by atoms with Gasteiger partial charge in [0, 0.05) is 38.4 Å². The summed E-state index contributed by atoms with van der Waals surface area (Å²) in [5.41, 5.74) is 2.03. The van der Waals surface area contributed by atoms with Crippen LogP contribution in [0.1, 0.15) is 75.2 Å². The van der Waals surface area contributed by atoms with Crippen LogP contribution < -0.4 is 16.0 Å². The summed E-state index contributed by atoms with van der Waals surface area (Å²) in [4.78, 5) is 17.0. The van der Waals surface area contributed by atoms with Gasteiger partial charge in [0.2, 0.25) is 0 Å². The van der Waals surface area contributed by atoms with Crippen LogP contribution in [-0.2, 0) is 11.3 Å². The van der Waals surface area contributed by atoms with Crippen molar-refractivity contribution in [2.24, 2.45) is 10.4 Å². The minimum Gasteiger partial charge on any atom is -0.382 e. The van der Waals surface area contributed by atoms with Crippen molar-refractivity contribution in [2.45, 2.75) is 65.8 Å². The Kier molecular flexibility index (Phi) is 10.7. The normalized spacial score (nSPS) is 15.8. The van der Waals surface area contributed by atoms with E-state index < -0.39 is 0 Å². The van der Waals surface area contributed by atoms with E-state index in [0.717, 1.165) is 50.7 Å². The van der Waals surface area contributed by atoms with E-state index in [1.165, 1.54) is 25.7 Å². The van der Waals surface area contributed by atoms with Gasteiger partial charge in [-0.05, 0) is 62.6 Å². The number of ether oxygens (including phenoxy) is 1. The number of rotatable bonds is 12. The van der Waals surface area contributed by atoms with E-state index >= 15 is 0 Å². The predicted octanol–water partition coefficient (Wildman–Crippen LogP) is 3.87. The molecule has 168 valence electrons. The van der Waals surface area contributed by atoms with Crippen LogP contribution in [0.3, 0.4) is 0 Å². The lowest BCUT2D eigenvalue weighted by Gasteiger charge is -2.30. The molecule has 0 saturated heterocycles. The molecule has 6 nitrogen and oxygen atoms in total. The molecule has 0 radical (unpaired) electrons. The highest BCUT2D eigenvalue weighted by Gasteiger charge is 2.33. The molecule has 1 aromatic carbocycles. The van der Waals surface area contributed by atoms with Crippen molar-refractivity contribution in [1.82, 2.24) is 16.0 Å². The largest absolute Gasteiger partial charge is 0.382 e. The Morgan fingerprint density at radius 2 is 1.93 bits per heavy atom.